The molecule has 4 heteroatoms. The Morgan fingerprint density at radius 3 is 2.88 bits per heavy atom. The lowest BCUT2D eigenvalue weighted by atomic mass is 10.2. The van der Waals surface area contributed by atoms with Crippen LogP contribution in [0.5, 0.6) is 0 Å². The molecule has 92 valence electrons. The van der Waals surface area contributed by atoms with E-state index < -0.39 is 5.60 Å². The molecule has 1 N–H and O–H groups in total. The lowest BCUT2D eigenvalue weighted by Gasteiger charge is -2.19. The van der Waals surface area contributed by atoms with Crippen molar-refractivity contribution in [1.29, 1.82) is 0 Å². The van der Waals surface area contributed by atoms with Gasteiger partial charge in [-0.25, -0.2) is 4.79 Å². The zero-order valence-corrected chi connectivity index (χ0v) is 10.4. The van der Waals surface area contributed by atoms with Crippen molar-refractivity contribution in [3.63, 3.8) is 0 Å². The molecule has 1 aliphatic rings. The number of amides is 1. The first-order chi connectivity index (χ1) is 7.96. The van der Waals surface area contributed by atoms with Crippen LogP contribution >= 0.6 is 0 Å². The molecule has 0 spiro atoms. The molecular weight excluding hydrogens is 216 g/mol. The molecule has 1 aliphatic carbocycles. The molecule has 1 amide bonds. The average Bonchev–Trinajstić information content (AvgIpc) is 2.95. The van der Waals surface area contributed by atoms with Gasteiger partial charge in [-0.3, -0.25) is 4.98 Å². The minimum absolute atomic E-state index is 0.189. The molecule has 1 aromatic rings. The predicted molar refractivity (Wildman–Crippen MR) is 64.8 cm³/mol. The Morgan fingerprint density at radius 2 is 2.29 bits per heavy atom. The van der Waals surface area contributed by atoms with E-state index in [-0.39, 0.29) is 12.1 Å². The predicted octanol–water partition coefficient (Wildman–Crippen LogP) is 2.46. The summed E-state index contributed by atoms with van der Waals surface area (Å²) in [7, 11) is 0. The standard InChI is InChI=1S/C13H18N2O2/c1-13(2,3)17-12(16)15-11-7-10(11)9-5-4-6-14-8-9/h4-6,8,10-11H,7H2,1-3H3,(H,15,16). The number of pyridine rings is 1. The summed E-state index contributed by atoms with van der Waals surface area (Å²) in [4.78, 5) is 15.6. The molecule has 0 aliphatic heterocycles. The Kier molecular flexibility index (Phi) is 3.05. The minimum atomic E-state index is -0.442. The van der Waals surface area contributed by atoms with E-state index in [9.17, 15) is 4.79 Å². The molecule has 1 fully saturated rings. The number of ether oxygens (including phenoxy) is 1. The maximum atomic E-state index is 11.5. The van der Waals surface area contributed by atoms with Gasteiger partial charge in [0.2, 0.25) is 0 Å². The van der Waals surface area contributed by atoms with Crippen molar-refractivity contribution in [2.45, 2.75) is 44.8 Å². The van der Waals surface area contributed by atoms with Crippen molar-refractivity contribution in [3.05, 3.63) is 30.1 Å². The number of alkyl carbamates (subject to hydrolysis) is 1. The van der Waals surface area contributed by atoms with E-state index in [2.05, 4.69) is 10.3 Å². The average molecular weight is 234 g/mol. The molecule has 2 unspecified atom stereocenters. The molecule has 1 saturated carbocycles. The van der Waals surface area contributed by atoms with Crippen LogP contribution in [0, 0.1) is 0 Å². The third-order valence-electron chi connectivity index (χ3n) is 2.61. The third kappa shape index (κ3) is 3.44. The monoisotopic (exact) mass is 234 g/mol. The molecule has 17 heavy (non-hydrogen) atoms. The number of hydrogen-bond donors (Lipinski definition) is 1. The second-order valence-corrected chi connectivity index (χ2v) is 5.38. The van der Waals surface area contributed by atoms with Crippen LogP contribution in [0.2, 0.25) is 0 Å². The van der Waals surface area contributed by atoms with Crippen LogP contribution in [0.25, 0.3) is 0 Å². The van der Waals surface area contributed by atoms with E-state index in [0.717, 1.165) is 6.42 Å². The number of hydrogen-bond acceptors (Lipinski definition) is 3. The highest BCUT2D eigenvalue weighted by Gasteiger charge is 2.40. The number of nitrogens with one attached hydrogen (secondary N) is 1. The lowest BCUT2D eigenvalue weighted by molar-refractivity contribution is 0.0523. The summed E-state index contributed by atoms with van der Waals surface area (Å²) < 4.78 is 5.21. The molecule has 4 nitrogen and oxygen atoms in total. The number of carbonyl (C=O) groups is 1. The number of rotatable bonds is 2. The summed E-state index contributed by atoms with van der Waals surface area (Å²) in [6, 6.07) is 4.14. The fourth-order valence-corrected chi connectivity index (χ4v) is 1.78. The first-order valence-electron chi connectivity index (χ1n) is 5.85. The molecule has 0 radical (unpaired) electrons. The van der Waals surface area contributed by atoms with Crippen LogP contribution in [0.1, 0.15) is 38.7 Å². The van der Waals surface area contributed by atoms with E-state index in [1.54, 1.807) is 6.20 Å². The maximum Gasteiger partial charge on any atom is 0.407 e. The highest BCUT2D eigenvalue weighted by molar-refractivity contribution is 5.69. The molecule has 0 aromatic carbocycles. The summed E-state index contributed by atoms with van der Waals surface area (Å²) in [5, 5.41) is 2.87. The smallest absolute Gasteiger partial charge is 0.407 e. The minimum Gasteiger partial charge on any atom is -0.444 e. The van der Waals surface area contributed by atoms with Gasteiger partial charge in [0.25, 0.3) is 0 Å². The van der Waals surface area contributed by atoms with Gasteiger partial charge in [-0.05, 0) is 38.8 Å². The summed E-state index contributed by atoms with van der Waals surface area (Å²) in [5.74, 6) is 0.385. The van der Waals surface area contributed by atoms with Gasteiger partial charge in [-0.2, -0.15) is 0 Å². The molecular formula is C13H18N2O2. The summed E-state index contributed by atoms with van der Waals surface area (Å²) in [5.41, 5.74) is 0.733. The number of nitrogens with zero attached hydrogens (tertiary/aromatic N) is 1. The van der Waals surface area contributed by atoms with Gasteiger partial charge < -0.3 is 10.1 Å². The van der Waals surface area contributed by atoms with Crippen LogP contribution in [-0.2, 0) is 4.74 Å². The molecule has 0 bridgehead atoms. The first-order valence-corrected chi connectivity index (χ1v) is 5.85. The second kappa shape index (κ2) is 4.35. The van der Waals surface area contributed by atoms with Gasteiger partial charge in [-0.15, -0.1) is 0 Å². The van der Waals surface area contributed by atoms with E-state index >= 15 is 0 Å². The zero-order chi connectivity index (χ0) is 12.5. The highest BCUT2D eigenvalue weighted by Crippen LogP contribution is 2.40. The Balaban J connectivity index is 1.83. The Bertz CT molecular complexity index is 398. The molecule has 2 rings (SSSR count). The molecule has 1 aromatic heterocycles. The van der Waals surface area contributed by atoms with Gasteiger partial charge in [0.15, 0.2) is 0 Å². The van der Waals surface area contributed by atoms with Crippen molar-refractivity contribution in [3.8, 4) is 0 Å². The lowest BCUT2D eigenvalue weighted by Crippen LogP contribution is -2.34. The fraction of sp³-hybridized carbons (Fsp3) is 0.538. The second-order valence-electron chi connectivity index (χ2n) is 5.38. The van der Waals surface area contributed by atoms with Gasteiger partial charge in [-0.1, -0.05) is 6.07 Å². The van der Waals surface area contributed by atoms with Gasteiger partial charge in [0.1, 0.15) is 5.60 Å². The van der Waals surface area contributed by atoms with E-state index in [4.69, 9.17) is 4.74 Å². The van der Waals surface area contributed by atoms with Crippen LogP contribution in [0.3, 0.4) is 0 Å². The van der Waals surface area contributed by atoms with Crippen molar-refractivity contribution >= 4 is 6.09 Å². The van der Waals surface area contributed by atoms with E-state index in [1.807, 2.05) is 39.1 Å². The molecule has 0 saturated heterocycles. The van der Waals surface area contributed by atoms with Gasteiger partial charge in [0, 0.05) is 24.4 Å². The maximum absolute atomic E-state index is 11.5. The summed E-state index contributed by atoms with van der Waals surface area (Å²) in [6.45, 7) is 5.58. The van der Waals surface area contributed by atoms with Crippen molar-refractivity contribution < 1.29 is 9.53 Å². The first kappa shape index (κ1) is 11.9. The zero-order valence-electron chi connectivity index (χ0n) is 10.4. The Labute approximate surface area is 101 Å². The summed E-state index contributed by atoms with van der Waals surface area (Å²) >= 11 is 0. The Hall–Kier alpha value is -1.58. The molecule has 1 heterocycles. The largest absolute Gasteiger partial charge is 0.444 e. The van der Waals surface area contributed by atoms with E-state index in [0.29, 0.717) is 5.92 Å². The van der Waals surface area contributed by atoms with Gasteiger partial charge in [0.05, 0.1) is 0 Å². The Morgan fingerprint density at radius 1 is 1.53 bits per heavy atom. The highest BCUT2D eigenvalue weighted by atomic mass is 16.6. The van der Waals surface area contributed by atoms with Crippen LogP contribution in [0.15, 0.2) is 24.5 Å². The van der Waals surface area contributed by atoms with Gasteiger partial charge >= 0.3 is 6.09 Å². The van der Waals surface area contributed by atoms with Crippen molar-refractivity contribution in [1.82, 2.24) is 10.3 Å². The topological polar surface area (TPSA) is 51.2 Å². The van der Waals surface area contributed by atoms with Crippen molar-refractivity contribution in [2.75, 3.05) is 0 Å². The normalized spacial score (nSPS) is 23.0. The number of carbonyl (C=O) groups excluding carboxylic acids is 1. The fourth-order valence-electron chi connectivity index (χ4n) is 1.78. The van der Waals surface area contributed by atoms with E-state index in [1.165, 1.54) is 5.56 Å². The van der Waals surface area contributed by atoms with Crippen LogP contribution in [0.4, 0.5) is 4.79 Å². The third-order valence-corrected chi connectivity index (χ3v) is 2.61. The summed E-state index contributed by atoms with van der Waals surface area (Å²) in [6.07, 6.45) is 4.23. The van der Waals surface area contributed by atoms with Crippen LogP contribution < -0.4 is 5.32 Å². The SMILES string of the molecule is CC(C)(C)OC(=O)NC1CC1c1cccnc1. The van der Waals surface area contributed by atoms with Crippen molar-refractivity contribution in [2.24, 2.45) is 0 Å². The molecule has 2 atom stereocenters. The van der Waals surface area contributed by atoms with Crippen LogP contribution in [-0.4, -0.2) is 22.7 Å². The quantitative estimate of drug-likeness (QED) is 0.855. The number of aromatic nitrogens is 1.